The van der Waals surface area contributed by atoms with Crippen molar-refractivity contribution in [3.63, 3.8) is 0 Å². The minimum Gasteiger partial charge on any atom is -0.313 e. The molecule has 0 aliphatic heterocycles. The second-order valence-corrected chi connectivity index (χ2v) is 3.23. The van der Waals surface area contributed by atoms with E-state index in [0.717, 1.165) is 22.2 Å². The number of benzene rings is 1. The van der Waals surface area contributed by atoms with Crippen LogP contribution in [0, 0.1) is 0 Å². The molecule has 3 heteroatoms. The number of rotatable bonds is 2. The van der Waals surface area contributed by atoms with E-state index >= 15 is 0 Å². The Morgan fingerprint density at radius 2 is 2.00 bits per heavy atom. The first kappa shape index (κ1) is 12.8. The maximum atomic E-state index is 5.80. The van der Waals surface area contributed by atoms with E-state index in [2.05, 4.69) is 24.9 Å². The smallest absolute Gasteiger partial charge is 0.144 e. The molecule has 0 spiro atoms. The number of halogens is 1. The van der Waals surface area contributed by atoms with Crippen LogP contribution in [0.2, 0.25) is 5.02 Å². The van der Waals surface area contributed by atoms with Gasteiger partial charge in [0.25, 0.3) is 0 Å². The van der Waals surface area contributed by atoms with Crippen molar-refractivity contribution < 1.29 is 5.32 Å². The minimum absolute atomic E-state index is 0.766. The van der Waals surface area contributed by atoms with E-state index in [1.165, 1.54) is 0 Å². The molecule has 0 radical (unpaired) electrons. The highest BCUT2D eigenvalue weighted by Crippen LogP contribution is 2.19. The molecule has 13 heavy (non-hydrogen) atoms. The molecule has 1 nitrogen and oxygen atoms in total. The molecule has 0 heterocycles. The van der Waals surface area contributed by atoms with Gasteiger partial charge in [-0.05, 0) is 19.1 Å². The van der Waals surface area contributed by atoms with Gasteiger partial charge in [0.1, 0.15) is 5.69 Å². The van der Waals surface area contributed by atoms with E-state index in [1.807, 2.05) is 32.0 Å². The molecule has 1 aromatic carbocycles. The van der Waals surface area contributed by atoms with Gasteiger partial charge >= 0.3 is 0 Å². The van der Waals surface area contributed by atoms with Gasteiger partial charge in [0.2, 0.25) is 0 Å². The largest absolute Gasteiger partial charge is 0.313 e. The van der Waals surface area contributed by atoms with Crippen LogP contribution in [0.4, 0.5) is 5.69 Å². The third-order valence-corrected chi connectivity index (χ3v) is 2.06. The zero-order valence-corrected chi connectivity index (χ0v) is 9.99. The summed E-state index contributed by atoms with van der Waals surface area (Å²) in [5.74, 6) is 0. The number of hydrogen-bond donors (Lipinski definition) is 2. The summed E-state index contributed by atoms with van der Waals surface area (Å²) >= 11 is 10.1. The SMILES string of the molecule is CC.CC[NH2+]c1cc(Cl)ccc1S. The fourth-order valence-electron chi connectivity index (χ4n) is 0.909. The Morgan fingerprint density at radius 1 is 1.38 bits per heavy atom. The Morgan fingerprint density at radius 3 is 2.54 bits per heavy atom. The fraction of sp³-hybridized carbons (Fsp3) is 0.400. The maximum Gasteiger partial charge on any atom is 0.144 e. The molecule has 2 N–H and O–H groups in total. The van der Waals surface area contributed by atoms with E-state index in [-0.39, 0.29) is 0 Å². The van der Waals surface area contributed by atoms with Crippen LogP contribution in [0.3, 0.4) is 0 Å². The topological polar surface area (TPSA) is 16.6 Å². The first-order chi connectivity index (χ1) is 6.24. The maximum absolute atomic E-state index is 5.80. The van der Waals surface area contributed by atoms with Crippen molar-refractivity contribution in [2.24, 2.45) is 0 Å². The lowest BCUT2D eigenvalue weighted by Crippen LogP contribution is -2.77. The van der Waals surface area contributed by atoms with Gasteiger partial charge in [-0.3, -0.25) is 0 Å². The van der Waals surface area contributed by atoms with Gasteiger partial charge in [-0.15, -0.1) is 12.6 Å². The third kappa shape index (κ3) is 4.55. The van der Waals surface area contributed by atoms with E-state index < -0.39 is 0 Å². The van der Waals surface area contributed by atoms with Gasteiger partial charge in [0.15, 0.2) is 0 Å². The second-order valence-electron chi connectivity index (χ2n) is 2.32. The highest BCUT2D eigenvalue weighted by molar-refractivity contribution is 7.80. The van der Waals surface area contributed by atoms with Crippen LogP contribution in [0.25, 0.3) is 0 Å². The average Bonchev–Trinajstić information content (AvgIpc) is 2.15. The summed E-state index contributed by atoms with van der Waals surface area (Å²) in [6.45, 7) is 7.10. The van der Waals surface area contributed by atoms with Crippen LogP contribution in [0.1, 0.15) is 20.8 Å². The zero-order valence-electron chi connectivity index (χ0n) is 8.34. The second kappa shape index (κ2) is 7.25. The average molecular weight is 219 g/mol. The van der Waals surface area contributed by atoms with Crippen LogP contribution in [-0.4, -0.2) is 6.54 Å². The number of thiol groups is 1. The fourth-order valence-corrected chi connectivity index (χ4v) is 1.32. The van der Waals surface area contributed by atoms with E-state index in [9.17, 15) is 0 Å². The first-order valence-electron chi connectivity index (χ1n) is 4.55. The van der Waals surface area contributed by atoms with E-state index in [0.29, 0.717) is 0 Å². The molecule has 0 fully saturated rings. The van der Waals surface area contributed by atoms with Crippen molar-refractivity contribution in [1.82, 2.24) is 0 Å². The molecular formula is C10H17ClNS+. The van der Waals surface area contributed by atoms with Crippen molar-refractivity contribution in [2.75, 3.05) is 6.54 Å². The molecule has 0 aromatic heterocycles. The lowest BCUT2D eigenvalue weighted by molar-refractivity contribution is -0.570. The molecule has 0 saturated heterocycles. The number of nitrogens with two attached hydrogens (primary N) is 1. The monoisotopic (exact) mass is 218 g/mol. The first-order valence-corrected chi connectivity index (χ1v) is 5.38. The van der Waals surface area contributed by atoms with Crippen LogP contribution < -0.4 is 5.32 Å². The molecule has 74 valence electrons. The number of hydrogen-bond acceptors (Lipinski definition) is 1. The normalized spacial score (nSPS) is 9.00. The Balaban J connectivity index is 0.000000671. The molecule has 0 bridgehead atoms. The molecule has 0 saturated carbocycles. The molecule has 0 amide bonds. The summed E-state index contributed by atoms with van der Waals surface area (Å²) in [5, 5.41) is 2.87. The Labute approximate surface area is 90.9 Å². The molecule has 1 aromatic rings. The van der Waals surface area contributed by atoms with Gasteiger partial charge in [-0.1, -0.05) is 25.4 Å². The predicted molar refractivity (Wildman–Crippen MR) is 62.2 cm³/mol. The Kier molecular flexibility index (Phi) is 7.14. The quantitative estimate of drug-likeness (QED) is 0.561. The predicted octanol–water partition coefficient (Wildman–Crippen LogP) is 2.87. The highest BCUT2D eigenvalue weighted by atomic mass is 35.5. The zero-order chi connectivity index (χ0) is 10.3. The van der Waals surface area contributed by atoms with Crippen molar-refractivity contribution in [2.45, 2.75) is 25.7 Å². The summed E-state index contributed by atoms with van der Waals surface area (Å²) in [5.41, 5.74) is 1.11. The van der Waals surface area contributed by atoms with Crippen LogP contribution in [0.15, 0.2) is 23.1 Å². The summed E-state index contributed by atoms with van der Waals surface area (Å²) in [4.78, 5) is 0.983. The number of quaternary nitrogens is 1. The van der Waals surface area contributed by atoms with Crippen LogP contribution in [-0.2, 0) is 0 Å². The molecule has 1 rings (SSSR count). The lowest BCUT2D eigenvalue weighted by atomic mass is 10.3. The lowest BCUT2D eigenvalue weighted by Gasteiger charge is -2.00. The van der Waals surface area contributed by atoms with Crippen LogP contribution >= 0.6 is 24.2 Å². The molecule has 0 unspecified atom stereocenters. The third-order valence-electron chi connectivity index (χ3n) is 1.41. The van der Waals surface area contributed by atoms with E-state index in [4.69, 9.17) is 11.6 Å². The summed E-state index contributed by atoms with van der Waals surface area (Å²) < 4.78 is 0. The molecule has 0 aliphatic rings. The molecule has 0 atom stereocenters. The Hall–Kier alpha value is -0.180. The van der Waals surface area contributed by atoms with Crippen LogP contribution in [0.5, 0.6) is 0 Å². The highest BCUT2D eigenvalue weighted by Gasteiger charge is 2.01. The standard InChI is InChI=1S/C8H10ClNS.C2H6/c1-2-10-7-5-6(9)3-4-8(7)11;1-2/h3-5,10-11H,2H2,1H3;1-2H3/p+1. The van der Waals surface area contributed by atoms with Crippen molar-refractivity contribution in [3.05, 3.63) is 23.2 Å². The van der Waals surface area contributed by atoms with Gasteiger partial charge in [0.05, 0.1) is 11.4 Å². The summed E-state index contributed by atoms with van der Waals surface area (Å²) in [6, 6.07) is 5.68. The van der Waals surface area contributed by atoms with Crippen molar-refractivity contribution in [1.29, 1.82) is 0 Å². The summed E-state index contributed by atoms with van der Waals surface area (Å²) in [6.07, 6.45) is 0. The van der Waals surface area contributed by atoms with Gasteiger partial charge in [0, 0.05) is 11.1 Å². The summed E-state index contributed by atoms with van der Waals surface area (Å²) in [7, 11) is 0. The molecule has 0 aliphatic carbocycles. The van der Waals surface area contributed by atoms with Crippen molar-refractivity contribution in [3.8, 4) is 0 Å². The van der Waals surface area contributed by atoms with Gasteiger partial charge < -0.3 is 5.32 Å². The van der Waals surface area contributed by atoms with E-state index in [1.54, 1.807) is 0 Å². The molecular weight excluding hydrogens is 202 g/mol. The van der Waals surface area contributed by atoms with Crippen molar-refractivity contribution >= 4 is 29.9 Å². The minimum atomic E-state index is 0.766. The van der Waals surface area contributed by atoms with Gasteiger partial charge in [-0.25, -0.2) is 0 Å². The van der Waals surface area contributed by atoms with Gasteiger partial charge in [-0.2, -0.15) is 0 Å². The Bertz CT molecular complexity index is 251.